The van der Waals surface area contributed by atoms with Crippen LogP contribution in [0, 0.1) is 27.7 Å². The average Bonchev–Trinajstić information content (AvgIpc) is 2.64. The molecule has 0 spiro atoms. The van der Waals surface area contributed by atoms with E-state index in [4.69, 9.17) is 4.74 Å². The van der Waals surface area contributed by atoms with Crippen molar-refractivity contribution in [2.45, 2.75) is 32.6 Å². The summed E-state index contributed by atoms with van der Waals surface area (Å²) in [6.45, 7) is 7.66. The van der Waals surface area contributed by atoms with E-state index in [0.717, 1.165) is 26.6 Å². The van der Waals surface area contributed by atoms with Gasteiger partial charge in [-0.2, -0.15) is 4.31 Å². The Morgan fingerprint density at radius 1 is 1.04 bits per heavy atom. The van der Waals surface area contributed by atoms with Crippen molar-refractivity contribution in [1.29, 1.82) is 0 Å². The third-order valence-corrected chi connectivity index (χ3v) is 6.70. The molecule has 7 heteroatoms. The molecule has 0 bridgehead atoms. The molecule has 1 N–H and O–H groups in total. The Hall–Kier alpha value is -2.22. The molecule has 0 saturated carbocycles. The van der Waals surface area contributed by atoms with Gasteiger partial charge in [0.1, 0.15) is 0 Å². The number of ether oxygens (including phenoxy) is 1. The molecule has 0 atom stereocenters. The largest absolute Gasteiger partial charge is 0.383 e. The number of hydrogen-bond acceptors (Lipinski definition) is 4. The molecule has 2 aromatic rings. The van der Waals surface area contributed by atoms with Crippen LogP contribution >= 0.6 is 0 Å². The summed E-state index contributed by atoms with van der Waals surface area (Å²) in [5.41, 5.74) is 4.58. The van der Waals surface area contributed by atoms with E-state index >= 15 is 0 Å². The second-order valence-corrected chi connectivity index (χ2v) is 8.81. The number of amides is 1. The number of nitrogens with one attached hydrogen (secondary N) is 1. The second kappa shape index (κ2) is 9.32. The normalized spacial score (nSPS) is 11.6. The zero-order valence-corrected chi connectivity index (χ0v) is 17.9. The summed E-state index contributed by atoms with van der Waals surface area (Å²) >= 11 is 0. The first kappa shape index (κ1) is 22.1. The van der Waals surface area contributed by atoms with Gasteiger partial charge in [0.05, 0.1) is 18.0 Å². The Balaban J connectivity index is 2.25. The maximum atomic E-state index is 13.1. The van der Waals surface area contributed by atoms with Crippen LogP contribution in [0.3, 0.4) is 0 Å². The van der Waals surface area contributed by atoms with Gasteiger partial charge >= 0.3 is 0 Å². The molecular weight excluding hydrogens is 376 g/mol. The maximum Gasteiger partial charge on any atom is 0.243 e. The summed E-state index contributed by atoms with van der Waals surface area (Å²) in [5.74, 6) is -0.391. The van der Waals surface area contributed by atoms with Gasteiger partial charge in [0.2, 0.25) is 15.9 Å². The number of nitrogens with zero attached hydrogens (tertiary/aromatic N) is 1. The van der Waals surface area contributed by atoms with Crippen molar-refractivity contribution in [2.75, 3.05) is 32.1 Å². The molecule has 152 valence electrons. The fourth-order valence-corrected chi connectivity index (χ4v) is 4.20. The number of hydrogen-bond donors (Lipinski definition) is 1. The molecule has 0 saturated heterocycles. The number of aryl methyl sites for hydroxylation is 3. The summed E-state index contributed by atoms with van der Waals surface area (Å²) in [6, 6.07) is 10.6. The molecule has 2 aromatic carbocycles. The van der Waals surface area contributed by atoms with Crippen molar-refractivity contribution in [2.24, 2.45) is 0 Å². The maximum absolute atomic E-state index is 13.1. The molecule has 0 aliphatic heterocycles. The van der Waals surface area contributed by atoms with E-state index in [0.29, 0.717) is 5.69 Å². The van der Waals surface area contributed by atoms with Crippen molar-refractivity contribution >= 4 is 21.6 Å². The topological polar surface area (TPSA) is 75.7 Å². The van der Waals surface area contributed by atoms with Crippen LogP contribution < -0.4 is 5.32 Å². The predicted octanol–water partition coefficient (Wildman–Crippen LogP) is 3.20. The highest BCUT2D eigenvalue weighted by Gasteiger charge is 2.27. The predicted molar refractivity (Wildman–Crippen MR) is 111 cm³/mol. The Kier molecular flexibility index (Phi) is 7.35. The van der Waals surface area contributed by atoms with Crippen LogP contribution in [0.1, 0.15) is 22.3 Å². The van der Waals surface area contributed by atoms with E-state index in [9.17, 15) is 13.2 Å². The minimum atomic E-state index is -3.83. The zero-order chi connectivity index (χ0) is 20.9. The van der Waals surface area contributed by atoms with Crippen molar-refractivity contribution in [3.8, 4) is 0 Å². The van der Waals surface area contributed by atoms with Crippen molar-refractivity contribution in [3.63, 3.8) is 0 Å². The number of carbonyl (C=O) groups excluding carboxylic acids is 1. The summed E-state index contributed by atoms with van der Waals surface area (Å²) in [6.07, 6.45) is 0. The van der Waals surface area contributed by atoms with Gasteiger partial charge in [-0.05, 0) is 68.1 Å². The molecule has 6 nitrogen and oxygen atoms in total. The average molecular weight is 405 g/mol. The van der Waals surface area contributed by atoms with E-state index in [2.05, 4.69) is 5.32 Å². The van der Waals surface area contributed by atoms with Crippen LogP contribution in [0.4, 0.5) is 5.69 Å². The number of benzene rings is 2. The molecule has 0 aliphatic carbocycles. The molecular formula is C21H28N2O4S. The van der Waals surface area contributed by atoms with Gasteiger partial charge in [0.15, 0.2) is 0 Å². The number of carbonyl (C=O) groups is 1. The van der Waals surface area contributed by atoms with Crippen molar-refractivity contribution in [1.82, 2.24) is 4.31 Å². The Morgan fingerprint density at radius 2 is 1.75 bits per heavy atom. The summed E-state index contributed by atoms with van der Waals surface area (Å²) < 4.78 is 32.4. The monoisotopic (exact) mass is 404 g/mol. The molecule has 1 amide bonds. The Morgan fingerprint density at radius 3 is 2.39 bits per heavy atom. The number of methoxy groups -OCH3 is 1. The smallest absolute Gasteiger partial charge is 0.243 e. The lowest BCUT2D eigenvalue weighted by Gasteiger charge is -2.22. The minimum absolute atomic E-state index is 0.0893. The third-order valence-electron chi connectivity index (χ3n) is 4.86. The van der Waals surface area contributed by atoms with Crippen LogP contribution in [0.15, 0.2) is 41.3 Å². The molecule has 0 aromatic heterocycles. The van der Waals surface area contributed by atoms with Crippen molar-refractivity contribution < 1.29 is 17.9 Å². The summed E-state index contributed by atoms with van der Waals surface area (Å²) in [4.78, 5) is 12.8. The van der Waals surface area contributed by atoms with E-state index in [1.54, 1.807) is 24.3 Å². The molecule has 2 rings (SSSR count). The quantitative estimate of drug-likeness (QED) is 0.733. The lowest BCUT2D eigenvalue weighted by Crippen LogP contribution is -2.40. The van der Waals surface area contributed by atoms with Gasteiger partial charge < -0.3 is 10.1 Å². The Labute approximate surface area is 167 Å². The van der Waals surface area contributed by atoms with Gasteiger partial charge in [0.25, 0.3) is 0 Å². The van der Waals surface area contributed by atoms with E-state index in [1.807, 2.05) is 39.8 Å². The molecule has 28 heavy (non-hydrogen) atoms. The zero-order valence-electron chi connectivity index (χ0n) is 17.1. The lowest BCUT2D eigenvalue weighted by atomic mass is 10.1. The fraction of sp³-hybridized carbons (Fsp3) is 0.381. The molecule has 0 radical (unpaired) electrons. The highest BCUT2D eigenvalue weighted by Crippen LogP contribution is 2.21. The molecule has 0 aliphatic rings. The number of anilines is 1. The third kappa shape index (κ3) is 5.19. The first-order valence-corrected chi connectivity index (χ1v) is 10.5. The van der Waals surface area contributed by atoms with Gasteiger partial charge in [0, 0.05) is 19.3 Å². The first-order valence-electron chi connectivity index (χ1n) is 9.09. The first-order chi connectivity index (χ1) is 13.2. The number of sulfonamides is 1. The summed E-state index contributed by atoms with van der Waals surface area (Å²) in [5, 5.41) is 2.82. The van der Waals surface area contributed by atoms with E-state index in [1.165, 1.54) is 7.11 Å². The van der Waals surface area contributed by atoms with Crippen LogP contribution in [-0.4, -0.2) is 45.4 Å². The number of rotatable bonds is 8. The lowest BCUT2D eigenvalue weighted by molar-refractivity contribution is -0.116. The van der Waals surface area contributed by atoms with Gasteiger partial charge in [-0.3, -0.25) is 4.79 Å². The van der Waals surface area contributed by atoms with Crippen LogP contribution in [0.25, 0.3) is 0 Å². The molecule has 0 unspecified atom stereocenters. The fourth-order valence-electron chi connectivity index (χ4n) is 2.74. The van der Waals surface area contributed by atoms with Crippen molar-refractivity contribution in [3.05, 3.63) is 58.7 Å². The second-order valence-electron chi connectivity index (χ2n) is 6.87. The van der Waals surface area contributed by atoms with E-state index < -0.39 is 15.9 Å². The molecule has 0 heterocycles. The molecule has 0 fully saturated rings. The standard InChI is InChI=1S/C21H28N2O4S/c1-15-9-10-19(13-17(15)3)28(25,26)23(11-12-27-5)14-21(24)22-20-8-6-7-16(2)18(20)4/h6-10,13H,11-12,14H2,1-5H3,(H,22,24). The highest BCUT2D eigenvalue weighted by molar-refractivity contribution is 7.89. The SMILES string of the molecule is COCCN(CC(=O)Nc1cccc(C)c1C)S(=O)(=O)c1ccc(C)c(C)c1. The minimum Gasteiger partial charge on any atom is -0.383 e. The van der Waals surface area contributed by atoms with Gasteiger partial charge in [-0.25, -0.2) is 8.42 Å². The Bertz CT molecular complexity index is 955. The summed E-state index contributed by atoms with van der Waals surface area (Å²) in [7, 11) is -2.33. The highest BCUT2D eigenvalue weighted by atomic mass is 32.2. The van der Waals surface area contributed by atoms with Crippen LogP contribution in [-0.2, 0) is 19.6 Å². The van der Waals surface area contributed by atoms with Crippen LogP contribution in [0.2, 0.25) is 0 Å². The van der Waals surface area contributed by atoms with Crippen LogP contribution in [0.5, 0.6) is 0 Å². The van der Waals surface area contributed by atoms with E-state index in [-0.39, 0.29) is 24.6 Å². The van der Waals surface area contributed by atoms with Gasteiger partial charge in [-0.1, -0.05) is 18.2 Å². The van der Waals surface area contributed by atoms with Gasteiger partial charge in [-0.15, -0.1) is 0 Å².